The van der Waals surface area contributed by atoms with Crippen molar-refractivity contribution in [1.29, 1.82) is 0 Å². The summed E-state index contributed by atoms with van der Waals surface area (Å²) in [6.45, 7) is 4.52. The van der Waals surface area contributed by atoms with Crippen molar-refractivity contribution < 1.29 is 0 Å². The van der Waals surface area contributed by atoms with Crippen LogP contribution in [-0.2, 0) is 0 Å². The van der Waals surface area contributed by atoms with E-state index in [0.29, 0.717) is 0 Å². The topological polar surface area (TPSA) is 42.2 Å². The van der Waals surface area contributed by atoms with Gasteiger partial charge in [-0.25, -0.2) is 4.98 Å². The van der Waals surface area contributed by atoms with Crippen LogP contribution < -0.4 is 10.6 Å². The van der Waals surface area contributed by atoms with Gasteiger partial charge in [-0.1, -0.05) is 13.3 Å². The fraction of sp³-hybridized carbons (Fsp3) is 0.462. The van der Waals surface area contributed by atoms with E-state index >= 15 is 0 Å². The first-order valence-corrected chi connectivity index (χ1v) is 7.04. The molecule has 0 bridgehead atoms. The van der Waals surface area contributed by atoms with Crippen LogP contribution in [0.2, 0.25) is 0 Å². The highest BCUT2D eigenvalue weighted by Crippen LogP contribution is 2.35. The van der Waals surface area contributed by atoms with Crippen LogP contribution in [0.5, 0.6) is 0 Å². The Hall–Kier alpha value is -1.29. The molecule has 3 nitrogen and oxygen atoms in total. The molecular weight excluding hydrogens is 230 g/mol. The molecule has 2 aromatic rings. The van der Waals surface area contributed by atoms with Crippen LogP contribution in [0, 0.1) is 5.92 Å². The lowest BCUT2D eigenvalue weighted by Crippen LogP contribution is -2.20. The van der Waals surface area contributed by atoms with Crippen molar-refractivity contribution in [2.24, 2.45) is 5.92 Å². The largest absolute Gasteiger partial charge is 0.395 e. The second-order valence-electron chi connectivity index (χ2n) is 4.71. The maximum atomic E-state index is 6.23. The standard InChI is InChI=1S/C13H17N3S/c1-2-9-5-6-16(7-9)10-3-4-11-13(12(10)14)15-8-17-11/h3-4,8-9H,2,5-7,14H2,1H3. The number of aromatic nitrogens is 1. The van der Waals surface area contributed by atoms with Gasteiger partial charge >= 0.3 is 0 Å². The van der Waals surface area contributed by atoms with Gasteiger partial charge in [0.1, 0.15) is 5.52 Å². The van der Waals surface area contributed by atoms with Crippen molar-refractivity contribution in [3.05, 3.63) is 17.6 Å². The first-order valence-electron chi connectivity index (χ1n) is 6.16. The van der Waals surface area contributed by atoms with E-state index in [-0.39, 0.29) is 0 Å². The van der Waals surface area contributed by atoms with Crippen LogP contribution in [0.4, 0.5) is 11.4 Å². The van der Waals surface area contributed by atoms with Gasteiger partial charge in [-0.15, -0.1) is 11.3 Å². The number of fused-ring (bicyclic) bond motifs is 1. The van der Waals surface area contributed by atoms with Gasteiger partial charge in [-0.2, -0.15) is 0 Å². The van der Waals surface area contributed by atoms with Crippen molar-refractivity contribution in [2.45, 2.75) is 19.8 Å². The summed E-state index contributed by atoms with van der Waals surface area (Å²) in [4.78, 5) is 6.76. The zero-order valence-electron chi connectivity index (χ0n) is 10.0. The highest BCUT2D eigenvalue weighted by atomic mass is 32.1. The van der Waals surface area contributed by atoms with E-state index in [4.69, 9.17) is 5.73 Å². The van der Waals surface area contributed by atoms with Crippen molar-refractivity contribution in [1.82, 2.24) is 4.98 Å². The molecule has 0 saturated carbocycles. The van der Waals surface area contributed by atoms with Crippen molar-refractivity contribution in [3.63, 3.8) is 0 Å². The van der Waals surface area contributed by atoms with E-state index in [0.717, 1.165) is 30.2 Å². The molecule has 3 rings (SSSR count). The molecule has 1 unspecified atom stereocenters. The summed E-state index contributed by atoms with van der Waals surface area (Å²) in [5.74, 6) is 0.820. The van der Waals surface area contributed by atoms with Gasteiger partial charge in [0.05, 0.1) is 21.6 Å². The molecule has 1 saturated heterocycles. The van der Waals surface area contributed by atoms with Gasteiger partial charge in [-0.3, -0.25) is 0 Å². The monoisotopic (exact) mass is 247 g/mol. The molecule has 1 aliphatic heterocycles. The molecule has 0 amide bonds. The van der Waals surface area contributed by atoms with Gasteiger partial charge in [-0.05, 0) is 24.5 Å². The molecule has 4 heteroatoms. The molecule has 17 heavy (non-hydrogen) atoms. The molecule has 0 spiro atoms. The van der Waals surface area contributed by atoms with Crippen molar-refractivity contribution in [3.8, 4) is 0 Å². The van der Waals surface area contributed by atoms with Gasteiger partial charge in [0.25, 0.3) is 0 Å². The van der Waals surface area contributed by atoms with Gasteiger partial charge < -0.3 is 10.6 Å². The first-order chi connectivity index (χ1) is 8.29. The third-order valence-corrected chi connectivity index (χ3v) is 4.52. The quantitative estimate of drug-likeness (QED) is 0.829. The maximum Gasteiger partial charge on any atom is 0.106 e. The van der Waals surface area contributed by atoms with E-state index in [9.17, 15) is 0 Å². The Labute approximate surface area is 105 Å². The fourth-order valence-electron chi connectivity index (χ4n) is 2.60. The summed E-state index contributed by atoms with van der Waals surface area (Å²) in [5.41, 5.74) is 11.1. The number of nitrogens with zero attached hydrogens (tertiary/aromatic N) is 2. The van der Waals surface area contributed by atoms with Crippen LogP contribution in [0.15, 0.2) is 17.6 Å². The third-order valence-electron chi connectivity index (χ3n) is 3.72. The molecular formula is C13H17N3S. The molecule has 1 aromatic carbocycles. The van der Waals surface area contributed by atoms with Gasteiger partial charge in [0, 0.05) is 13.1 Å². The number of anilines is 2. The highest BCUT2D eigenvalue weighted by Gasteiger charge is 2.23. The van der Waals surface area contributed by atoms with Crippen molar-refractivity contribution >= 4 is 32.9 Å². The van der Waals surface area contributed by atoms with Crippen LogP contribution >= 0.6 is 11.3 Å². The number of hydrogen-bond acceptors (Lipinski definition) is 4. The average molecular weight is 247 g/mol. The SMILES string of the molecule is CCC1CCN(c2ccc3scnc3c2N)C1. The highest BCUT2D eigenvalue weighted by molar-refractivity contribution is 7.16. The number of nitrogens with two attached hydrogens (primary N) is 1. The van der Waals surface area contributed by atoms with Gasteiger partial charge in [0.15, 0.2) is 0 Å². The van der Waals surface area contributed by atoms with E-state index in [1.165, 1.54) is 23.2 Å². The number of rotatable bonds is 2. The number of thiazole rings is 1. The second kappa shape index (κ2) is 4.18. The summed E-state index contributed by atoms with van der Waals surface area (Å²) < 4.78 is 1.18. The second-order valence-corrected chi connectivity index (χ2v) is 5.59. The predicted octanol–water partition coefficient (Wildman–Crippen LogP) is 3.11. The molecule has 0 radical (unpaired) electrons. The number of hydrogen-bond donors (Lipinski definition) is 1. The molecule has 2 heterocycles. The Balaban J connectivity index is 1.97. The van der Waals surface area contributed by atoms with E-state index < -0.39 is 0 Å². The Morgan fingerprint density at radius 2 is 2.41 bits per heavy atom. The van der Waals surface area contributed by atoms with E-state index in [2.05, 4.69) is 28.9 Å². The van der Waals surface area contributed by atoms with Crippen LogP contribution in [-0.4, -0.2) is 18.1 Å². The Kier molecular flexibility index (Phi) is 2.67. The lowest BCUT2D eigenvalue weighted by Gasteiger charge is -2.20. The summed E-state index contributed by atoms with van der Waals surface area (Å²) in [5, 5.41) is 0. The number of benzene rings is 1. The summed E-state index contributed by atoms with van der Waals surface area (Å²) in [6, 6.07) is 4.28. The molecule has 90 valence electrons. The zero-order chi connectivity index (χ0) is 11.8. The van der Waals surface area contributed by atoms with Crippen LogP contribution in [0.3, 0.4) is 0 Å². The molecule has 1 aromatic heterocycles. The Morgan fingerprint density at radius 1 is 1.53 bits per heavy atom. The minimum absolute atomic E-state index is 0.820. The molecule has 0 aliphatic carbocycles. The average Bonchev–Trinajstić information content (AvgIpc) is 2.97. The fourth-order valence-corrected chi connectivity index (χ4v) is 3.29. The zero-order valence-corrected chi connectivity index (χ0v) is 10.8. The van der Waals surface area contributed by atoms with Crippen molar-refractivity contribution in [2.75, 3.05) is 23.7 Å². The smallest absolute Gasteiger partial charge is 0.106 e. The normalized spacial score (nSPS) is 20.3. The first kappa shape index (κ1) is 10.8. The molecule has 1 fully saturated rings. The minimum Gasteiger partial charge on any atom is -0.395 e. The summed E-state index contributed by atoms with van der Waals surface area (Å²) in [6.07, 6.45) is 2.54. The number of nitrogen functional groups attached to an aromatic ring is 1. The van der Waals surface area contributed by atoms with Crippen LogP contribution in [0.25, 0.3) is 10.2 Å². The summed E-state index contributed by atoms with van der Waals surface area (Å²) in [7, 11) is 0. The third kappa shape index (κ3) is 1.76. The Bertz CT molecular complexity index is 534. The lowest BCUT2D eigenvalue weighted by atomic mass is 10.1. The van der Waals surface area contributed by atoms with Gasteiger partial charge in [0.2, 0.25) is 0 Å². The minimum atomic E-state index is 0.820. The summed E-state index contributed by atoms with van der Waals surface area (Å²) >= 11 is 1.65. The van der Waals surface area contributed by atoms with Crippen LogP contribution in [0.1, 0.15) is 19.8 Å². The molecule has 1 atom stereocenters. The molecule has 1 aliphatic rings. The van der Waals surface area contributed by atoms with E-state index in [1.807, 2.05) is 5.51 Å². The maximum absolute atomic E-state index is 6.23. The lowest BCUT2D eigenvalue weighted by molar-refractivity contribution is 0.569. The van der Waals surface area contributed by atoms with E-state index in [1.54, 1.807) is 11.3 Å². The predicted molar refractivity (Wildman–Crippen MR) is 74.6 cm³/mol. The Morgan fingerprint density at radius 3 is 3.18 bits per heavy atom. The molecule has 2 N–H and O–H groups in total.